The molecule has 1 saturated heterocycles. The smallest absolute Gasteiger partial charge is 0.277 e. The fourth-order valence-electron chi connectivity index (χ4n) is 4.36. The van der Waals surface area contributed by atoms with Gasteiger partial charge in [0.2, 0.25) is 5.91 Å². The highest BCUT2D eigenvalue weighted by Gasteiger charge is 2.38. The van der Waals surface area contributed by atoms with Crippen molar-refractivity contribution in [3.05, 3.63) is 51.0 Å². The maximum Gasteiger partial charge on any atom is 0.277 e. The van der Waals surface area contributed by atoms with E-state index in [4.69, 9.17) is 11.5 Å². The summed E-state index contributed by atoms with van der Waals surface area (Å²) in [5.41, 5.74) is 12.8. The molecule has 1 aromatic heterocycles. The molecule has 0 unspecified atom stereocenters. The summed E-state index contributed by atoms with van der Waals surface area (Å²) in [6, 6.07) is 6.81. The molecule has 2 aliphatic heterocycles. The van der Waals surface area contributed by atoms with Gasteiger partial charge in [0.15, 0.2) is 5.01 Å². The first-order valence-electron chi connectivity index (χ1n) is 10.8. The van der Waals surface area contributed by atoms with Crippen LogP contribution in [0.5, 0.6) is 0 Å². The predicted octanol–water partition coefficient (Wildman–Crippen LogP) is 0.730. The molecular weight excluding hydrogens is 444 g/mol. The molecule has 4 rings (SSSR count). The highest BCUT2D eigenvalue weighted by molar-refractivity contribution is 7.15. The number of hydrogen-bond donors (Lipinski definition) is 3. The molecular formula is C22H26N6O4S. The van der Waals surface area contributed by atoms with E-state index >= 15 is 0 Å². The minimum absolute atomic E-state index is 0.0314. The van der Waals surface area contributed by atoms with E-state index in [1.807, 2.05) is 36.2 Å². The van der Waals surface area contributed by atoms with E-state index in [1.165, 1.54) is 0 Å². The first kappa shape index (κ1) is 22.9. The van der Waals surface area contributed by atoms with E-state index in [2.05, 4.69) is 10.3 Å². The number of amides is 4. The van der Waals surface area contributed by atoms with E-state index in [0.717, 1.165) is 35.4 Å². The number of primary amides is 2. The second kappa shape index (κ2) is 9.28. The lowest BCUT2D eigenvalue weighted by molar-refractivity contribution is -0.148. The van der Waals surface area contributed by atoms with Crippen LogP contribution in [0.25, 0.3) is 0 Å². The molecule has 0 aliphatic carbocycles. The maximum absolute atomic E-state index is 13.4. The summed E-state index contributed by atoms with van der Waals surface area (Å²) in [5.74, 6) is -2.57. The van der Waals surface area contributed by atoms with Crippen LogP contribution in [-0.2, 0) is 22.6 Å². The number of carbonyl (C=O) groups is 4. The lowest BCUT2D eigenvalue weighted by Gasteiger charge is -2.28. The average molecular weight is 471 g/mol. The number of carbonyl (C=O) groups excluding carboxylic acids is 4. The predicted molar refractivity (Wildman–Crippen MR) is 121 cm³/mol. The summed E-state index contributed by atoms with van der Waals surface area (Å²) in [7, 11) is 0. The zero-order chi connectivity index (χ0) is 23.7. The second-order valence-electron chi connectivity index (χ2n) is 8.18. The van der Waals surface area contributed by atoms with Crippen LogP contribution in [-0.4, -0.2) is 51.7 Å². The lowest BCUT2D eigenvalue weighted by atomic mass is 9.95. The Morgan fingerprint density at radius 2 is 1.97 bits per heavy atom. The molecule has 2 aromatic rings. The molecule has 3 heterocycles. The third-order valence-corrected chi connectivity index (χ3v) is 7.20. The zero-order valence-electron chi connectivity index (χ0n) is 18.2. The van der Waals surface area contributed by atoms with Gasteiger partial charge in [-0.1, -0.05) is 31.2 Å². The summed E-state index contributed by atoms with van der Waals surface area (Å²) in [5, 5.41) is 6.64. The van der Waals surface area contributed by atoms with Crippen molar-refractivity contribution in [3.63, 3.8) is 0 Å². The Kier molecular flexibility index (Phi) is 6.43. The van der Waals surface area contributed by atoms with Crippen LogP contribution >= 0.6 is 11.3 Å². The molecule has 0 spiro atoms. The van der Waals surface area contributed by atoms with Gasteiger partial charge in [-0.3, -0.25) is 24.2 Å². The van der Waals surface area contributed by atoms with Gasteiger partial charge in [-0.25, -0.2) is 9.99 Å². The number of hydrazine groups is 1. The standard InChI is InChI=1S/C22H26N6O4S/c1-2-12(10-15-17(18(23)29)33-21(25-15)19(24)30)20(31)26-16-14-7-4-3-6-13(14)11-27-8-5-9-28(27)22(16)32/h3-4,6-7,12,16H,2,5,8-11H2,1H3,(H2,23,29)(H2,24,30)(H,26,31)/t12-,16+/m1/s1. The summed E-state index contributed by atoms with van der Waals surface area (Å²) in [4.78, 5) is 54.2. The Balaban J connectivity index is 1.59. The van der Waals surface area contributed by atoms with Gasteiger partial charge in [-0.15, -0.1) is 11.3 Å². The Labute approximate surface area is 194 Å². The zero-order valence-corrected chi connectivity index (χ0v) is 19.1. The summed E-state index contributed by atoms with van der Waals surface area (Å²) < 4.78 is 0. The number of benzene rings is 1. The normalized spacial score (nSPS) is 18.9. The molecule has 2 atom stereocenters. The molecule has 0 saturated carbocycles. The van der Waals surface area contributed by atoms with Crippen LogP contribution in [0.2, 0.25) is 0 Å². The average Bonchev–Trinajstić information content (AvgIpc) is 3.41. The van der Waals surface area contributed by atoms with Crippen molar-refractivity contribution in [1.82, 2.24) is 20.3 Å². The van der Waals surface area contributed by atoms with Crippen LogP contribution in [0, 0.1) is 5.92 Å². The van der Waals surface area contributed by atoms with Gasteiger partial charge < -0.3 is 16.8 Å². The quantitative estimate of drug-likeness (QED) is 0.542. The monoisotopic (exact) mass is 470 g/mol. The van der Waals surface area contributed by atoms with Gasteiger partial charge in [-0.2, -0.15) is 0 Å². The van der Waals surface area contributed by atoms with Crippen molar-refractivity contribution in [2.75, 3.05) is 13.1 Å². The third kappa shape index (κ3) is 4.46. The largest absolute Gasteiger partial charge is 0.365 e. The minimum Gasteiger partial charge on any atom is -0.365 e. The van der Waals surface area contributed by atoms with Crippen LogP contribution in [0.15, 0.2) is 24.3 Å². The number of nitrogens with one attached hydrogen (secondary N) is 1. The van der Waals surface area contributed by atoms with Gasteiger partial charge in [0, 0.05) is 32.0 Å². The Morgan fingerprint density at radius 3 is 2.67 bits per heavy atom. The molecule has 33 heavy (non-hydrogen) atoms. The van der Waals surface area contributed by atoms with Crippen LogP contribution in [0.4, 0.5) is 0 Å². The number of fused-ring (bicyclic) bond motifs is 2. The fraction of sp³-hybridized carbons (Fsp3) is 0.409. The molecule has 11 heteroatoms. The fourth-order valence-corrected chi connectivity index (χ4v) is 5.16. The maximum atomic E-state index is 13.4. The van der Waals surface area contributed by atoms with Gasteiger partial charge >= 0.3 is 0 Å². The number of aromatic nitrogens is 1. The van der Waals surface area contributed by atoms with E-state index in [9.17, 15) is 19.2 Å². The van der Waals surface area contributed by atoms with Crippen molar-refractivity contribution in [1.29, 1.82) is 0 Å². The summed E-state index contributed by atoms with van der Waals surface area (Å²) in [6.07, 6.45) is 1.42. The van der Waals surface area contributed by atoms with Gasteiger partial charge in [0.25, 0.3) is 17.7 Å². The number of thiazole rings is 1. The van der Waals surface area contributed by atoms with Crippen molar-refractivity contribution in [3.8, 4) is 0 Å². The van der Waals surface area contributed by atoms with E-state index in [0.29, 0.717) is 19.5 Å². The summed E-state index contributed by atoms with van der Waals surface area (Å²) in [6.45, 7) is 3.86. The molecule has 4 amide bonds. The molecule has 0 bridgehead atoms. The first-order chi connectivity index (χ1) is 15.8. The minimum atomic E-state index is -0.807. The molecule has 174 valence electrons. The number of nitrogens with zero attached hydrogens (tertiary/aromatic N) is 3. The van der Waals surface area contributed by atoms with E-state index < -0.39 is 23.8 Å². The number of rotatable bonds is 7. The van der Waals surface area contributed by atoms with E-state index in [-0.39, 0.29) is 33.8 Å². The Bertz CT molecular complexity index is 1120. The molecule has 10 nitrogen and oxygen atoms in total. The lowest BCUT2D eigenvalue weighted by Crippen LogP contribution is -2.46. The third-order valence-electron chi connectivity index (χ3n) is 6.07. The van der Waals surface area contributed by atoms with Crippen LogP contribution in [0.1, 0.15) is 62.1 Å². The van der Waals surface area contributed by atoms with Crippen LogP contribution < -0.4 is 16.8 Å². The first-order valence-corrected chi connectivity index (χ1v) is 11.7. The number of nitrogens with two attached hydrogens (primary N) is 2. The number of hydrogen-bond acceptors (Lipinski definition) is 7. The topological polar surface area (TPSA) is 152 Å². The highest BCUT2D eigenvalue weighted by atomic mass is 32.1. The Hall–Kier alpha value is -3.31. The highest BCUT2D eigenvalue weighted by Crippen LogP contribution is 2.30. The van der Waals surface area contributed by atoms with Crippen molar-refractivity contribution in [2.45, 2.75) is 38.8 Å². The molecule has 2 aliphatic rings. The van der Waals surface area contributed by atoms with E-state index in [1.54, 1.807) is 5.01 Å². The SMILES string of the molecule is CC[C@H](Cc1nc(C(N)=O)sc1C(N)=O)C(=O)N[C@@H]1C(=O)N2CCCN2Cc2ccccc21. The van der Waals surface area contributed by atoms with Gasteiger partial charge in [0.05, 0.1) is 5.69 Å². The van der Waals surface area contributed by atoms with Crippen molar-refractivity contribution in [2.24, 2.45) is 17.4 Å². The second-order valence-corrected chi connectivity index (χ2v) is 9.18. The molecule has 5 N–H and O–H groups in total. The Morgan fingerprint density at radius 1 is 1.21 bits per heavy atom. The molecule has 1 fully saturated rings. The molecule has 0 radical (unpaired) electrons. The van der Waals surface area contributed by atoms with Crippen LogP contribution in [0.3, 0.4) is 0 Å². The van der Waals surface area contributed by atoms with Gasteiger partial charge in [-0.05, 0) is 24.0 Å². The van der Waals surface area contributed by atoms with Gasteiger partial charge in [0.1, 0.15) is 10.9 Å². The molecule has 1 aromatic carbocycles. The van der Waals surface area contributed by atoms with Crippen molar-refractivity contribution < 1.29 is 19.2 Å². The summed E-state index contributed by atoms with van der Waals surface area (Å²) >= 11 is 0.822. The van der Waals surface area contributed by atoms with Crippen molar-refractivity contribution >= 4 is 35.0 Å².